The van der Waals surface area contributed by atoms with Crippen molar-refractivity contribution >= 4 is 6.03 Å². The van der Waals surface area contributed by atoms with Crippen LogP contribution in [-0.4, -0.2) is 35.7 Å². The second-order valence-corrected chi connectivity index (χ2v) is 6.67. The highest BCUT2D eigenvalue weighted by molar-refractivity contribution is 5.75. The summed E-state index contributed by atoms with van der Waals surface area (Å²) in [7, 11) is 0. The molecule has 24 heavy (non-hydrogen) atoms. The molecule has 1 aliphatic heterocycles. The van der Waals surface area contributed by atoms with E-state index in [-0.39, 0.29) is 24.5 Å². The van der Waals surface area contributed by atoms with E-state index in [1.54, 1.807) is 11.0 Å². The standard InChI is InChI=1S/C17H21F3N2O2/c18-17(19,20)14-3-1-2-13(8-14)15(12-4-5-12)21-16(24)22-7-6-11(9-22)10-23/h1-3,8,11-12,15,23H,4-7,9-10H2,(H,21,24). The molecule has 0 bridgehead atoms. The average Bonchev–Trinajstić information content (AvgIpc) is 3.27. The van der Waals surface area contributed by atoms with Crippen molar-refractivity contribution in [1.29, 1.82) is 0 Å². The number of nitrogens with zero attached hydrogens (tertiary/aromatic N) is 1. The number of hydrogen-bond acceptors (Lipinski definition) is 2. The van der Waals surface area contributed by atoms with Crippen LogP contribution in [-0.2, 0) is 6.18 Å². The van der Waals surface area contributed by atoms with Crippen molar-refractivity contribution in [3.05, 3.63) is 35.4 Å². The summed E-state index contributed by atoms with van der Waals surface area (Å²) in [4.78, 5) is 14.0. The molecule has 1 saturated heterocycles. The van der Waals surface area contributed by atoms with Crippen molar-refractivity contribution in [3.8, 4) is 0 Å². The first-order valence-electron chi connectivity index (χ1n) is 8.22. The van der Waals surface area contributed by atoms with Crippen LogP contribution in [0.3, 0.4) is 0 Å². The first-order valence-corrected chi connectivity index (χ1v) is 8.22. The van der Waals surface area contributed by atoms with Crippen LogP contribution in [0, 0.1) is 11.8 Å². The number of carbonyl (C=O) groups excluding carboxylic acids is 1. The third-order valence-corrected chi connectivity index (χ3v) is 4.78. The van der Waals surface area contributed by atoms with Gasteiger partial charge in [-0.25, -0.2) is 4.79 Å². The SMILES string of the molecule is O=C(NC(c1cccc(C(F)(F)F)c1)C1CC1)N1CCC(CO)C1. The summed E-state index contributed by atoms with van der Waals surface area (Å²) in [5.74, 6) is 0.275. The van der Waals surface area contributed by atoms with Crippen molar-refractivity contribution < 1.29 is 23.1 Å². The Morgan fingerprint density at radius 1 is 1.33 bits per heavy atom. The van der Waals surface area contributed by atoms with Gasteiger partial charge in [-0.1, -0.05) is 12.1 Å². The van der Waals surface area contributed by atoms with Gasteiger partial charge in [0.1, 0.15) is 0 Å². The molecule has 4 nitrogen and oxygen atoms in total. The number of amides is 2. The third kappa shape index (κ3) is 3.83. The van der Waals surface area contributed by atoms with E-state index in [4.69, 9.17) is 5.11 Å². The van der Waals surface area contributed by atoms with Gasteiger partial charge in [0.05, 0.1) is 11.6 Å². The molecule has 1 aromatic rings. The summed E-state index contributed by atoms with van der Waals surface area (Å²) in [6, 6.07) is 4.54. The van der Waals surface area contributed by atoms with Crippen LogP contribution in [0.4, 0.5) is 18.0 Å². The fraction of sp³-hybridized carbons (Fsp3) is 0.588. The maximum atomic E-state index is 12.9. The quantitative estimate of drug-likeness (QED) is 0.883. The number of urea groups is 1. The number of aliphatic hydroxyl groups is 1. The summed E-state index contributed by atoms with van der Waals surface area (Å²) in [5, 5.41) is 12.1. The van der Waals surface area contributed by atoms with E-state index in [9.17, 15) is 18.0 Å². The van der Waals surface area contributed by atoms with Crippen LogP contribution in [0.25, 0.3) is 0 Å². The van der Waals surface area contributed by atoms with Gasteiger partial charge < -0.3 is 15.3 Å². The molecule has 3 rings (SSSR count). The molecule has 0 spiro atoms. The molecule has 2 fully saturated rings. The minimum atomic E-state index is -4.39. The Labute approximate surface area is 138 Å². The molecule has 0 radical (unpaired) electrons. The summed E-state index contributed by atoms with van der Waals surface area (Å²) in [6.45, 7) is 1.10. The van der Waals surface area contributed by atoms with Crippen LogP contribution >= 0.6 is 0 Å². The molecule has 1 aliphatic carbocycles. The van der Waals surface area contributed by atoms with E-state index in [2.05, 4.69) is 5.32 Å². The second kappa shape index (κ2) is 6.63. The topological polar surface area (TPSA) is 52.6 Å². The molecule has 7 heteroatoms. The van der Waals surface area contributed by atoms with Gasteiger partial charge in [0.2, 0.25) is 0 Å². The molecule has 1 saturated carbocycles. The lowest BCUT2D eigenvalue weighted by atomic mass is 10.00. The van der Waals surface area contributed by atoms with E-state index < -0.39 is 17.8 Å². The lowest BCUT2D eigenvalue weighted by Crippen LogP contribution is -2.41. The van der Waals surface area contributed by atoms with Crippen molar-refractivity contribution in [2.45, 2.75) is 31.5 Å². The Balaban J connectivity index is 1.73. The van der Waals surface area contributed by atoms with Gasteiger partial charge in [-0.3, -0.25) is 0 Å². The number of rotatable bonds is 4. The Hall–Kier alpha value is -1.76. The molecule has 1 heterocycles. The minimum absolute atomic E-state index is 0.0451. The predicted molar refractivity (Wildman–Crippen MR) is 82.2 cm³/mol. The zero-order valence-corrected chi connectivity index (χ0v) is 13.2. The number of benzene rings is 1. The number of aliphatic hydroxyl groups excluding tert-OH is 1. The molecule has 2 unspecified atom stereocenters. The molecular weight excluding hydrogens is 321 g/mol. The van der Waals surface area contributed by atoms with Crippen LogP contribution < -0.4 is 5.32 Å². The summed E-state index contributed by atoms with van der Waals surface area (Å²) in [6.07, 6.45) is -1.83. The number of alkyl halides is 3. The second-order valence-electron chi connectivity index (χ2n) is 6.67. The average molecular weight is 342 g/mol. The molecule has 2 N–H and O–H groups in total. The van der Waals surface area contributed by atoms with Crippen LogP contribution in [0.5, 0.6) is 0 Å². The van der Waals surface area contributed by atoms with Gasteiger partial charge in [0.15, 0.2) is 0 Å². The highest BCUT2D eigenvalue weighted by Gasteiger charge is 2.37. The van der Waals surface area contributed by atoms with Gasteiger partial charge in [-0.2, -0.15) is 13.2 Å². The first kappa shape index (κ1) is 17.1. The fourth-order valence-electron chi connectivity index (χ4n) is 3.20. The first-order chi connectivity index (χ1) is 11.4. The molecule has 2 aliphatic rings. The molecule has 2 atom stereocenters. The van der Waals surface area contributed by atoms with Crippen molar-refractivity contribution in [2.24, 2.45) is 11.8 Å². The summed E-state index contributed by atoms with van der Waals surface area (Å²) in [5.41, 5.74) is -0.194. The number of hydrogen-bond donors (Lipinski definition) is 2. The summed E-state index contributed by atoms with van der Waals surface area (Å²) < 4.78 is 38.8. The fourth-order valence-corrected chi connectivity index (χ4v) is 3.20. The lowest BCUT2D eigenvalue weighted by molar-refractivity contribution is -0.137. The Morgan fingerprint density at radius 3 is 2.67 bits per heavy atom. The van der Waals surface area contributed by atoms with Gasteiger partial charge in [0.25, 0.3) is 0 Å². The van der Waals surface area contributed by atoms with Crippen molar-refractivity contribution in [1.82, 2.24) is 10.2 Å². The molecule has 2 amide bonds. The smallest absolute Gasteiger partial charge is 0.396 e. The van der Waals surface area contributed by atoms with Gasteiger partial charge in [-0.05, 0) is 42.9 Å². The zero-order chi connectivity index (χ0) is 17.3. The number of carbonyl (C=O) groups is 1. The number of halogens is 3. The maximum Gasteiger partial charge on any atom is 0.416 e. The molecule has 0 aromatic heterocycles. The van der Waals surface area contributed by atoms with Crippen LogP contribution in [0.2, 0.25) is 0 Å². The van der Waals surface area contributed by atoms with Crippen molar-refractivity contribution in [2.75, 3.05) is 19.7 Å². The van der Waals surface area contributed by atoms with Crippen LogP contribution in [0.15, 0.2) is 24.3 Å². The number of nitrogens with one attached hydrogen (secondary N) is 1. The Bertz CT molecular complexity index is 602. The predicted octanol–water partition coefficient (Wildman–Crippen LogP) is 3.18. The monoisotopic (exact) mass is 342 g/mol. The molecule has 1 aromatic carbocycles. The highest BCUT2D eigenvalue weighted by Crippen LogP contribution is 2.42. The zero-order valence-electron chi connectivity index (χ0n) is 13.2. The third-order valence-electron chi connectivity index (χ3n) is 4.78. The van der Waals surface area contributed by atoms with E-state index in [0.717, 1.165) is 31.4 Å². The molecular formula is C17H21F3N2O2. The normalized spacial score (nSPS) is 22.5. The Kier molecular flexibility index (Phi) is 4.71. The maximum absolute atomic E-state index is 12.9. The highest BCUT2D eigenvalue weighted by atomic mass is 19.4. The van der Waals surface area contributed by atoms with Gasteiger partial charge in [0, 0.05) is 25.6 Å². The summed E-state index contributed by atoms with van der Waals surface area (Å²) >= 11 is 0. The largest absolute Gasteiger partial charge is 0.416 e. The van der Waals surface area contributed by atoms with E-state index >= 15 is 0 Å². The lowest BCUT2D eigenvalue weighted by Gasteiger charge is -2.24. The van der Waals surface area contributed by atoms with E-state index in [0.29, 0.717) is 18.7 Å². The van der Waals surface area contributed by atoms with E-state index in [1.807, 2.05) is 0 Å². The van der Waals surface area contributed by atoms with Crippen LogP contribution in [0.1, 0.15) is 36.4 Å². The minimum Gasteiger partial charge on any atom is -0.396 e. The van der Waals surface area contributed by atoms with Crippen molar-refractivity contribution in [3.63, 3.8) is 0 Å². The molecule has 132 valence electrons. The Morgan fingerprint density at radius 2 is 2.08 bits per heavy atom. The van der Waals surface area contributed by atoms with Gasteiger partial charge >= 0.3 is 12.2 Å². The number of likely N-dealkylation sites (tertiary alicyclic amines) is 1. The van der Waals surface area contributed by atoms with Gasteiger partial charge in [-0.15, -0.1) is 0 Å². The van der Waals surface area contributed by atoms with E-state index in [1.165, 1.54) is 6.07 Å².